The molecule has 0 fully saturated rings. The van der Waals surface area contributed by atoms with Gasteiger partial charge in [0.15, 0.2) is 0 Å². The average molecular weight is 264 g/mol. The summed E-state index contributed by atoms with van der Waals surface area (Å²) in [7, 11) is 1.78. The van der Waals surface area contributed by atoms with E-state index >= 15 is 0 Å². The Balaban J connectivity index is 2.65. The van der Waals surface area contributed by atoms with Crippen LogP contribution in [-0.4, -0.2) is 30.2 Å². The Morgan fingerprint density at radius 2 is 2.00 bits per heavy atom. The van der Waals surface area contributed by atoms with Crippen LogP contribution in [0.1, 0.15) is 37.6 Å². The lowest BCUT2D eigenvalue weighted by Gasteiger charge is -2.25. The summed E-state index contributed by atoms with van der Waals surface area (Å²) in [6, 6.07) is 7.30. The van der Waals surface area contributed by atoms with Crippen molar-refractivity contribution in [1.29, 1.82) is 0 Å². The highest BCUT2D eigenvalue weighted by Crippen LogP contribution is 2.17. The van der Waals surface area contributed by atoms with Crippen molar-refractivity contribution in [3.8, 4) is 0 Å². The van der Waals surface area contributed by atoms with E-state index in [9.17, 15) is 9.90 Å². The molecule has 19 heavy (non-hydrogen) atoms. The van der Waals surface area contributed by atoms with Gasteiger partial charge in [0.25, 0.3) is 5.91 Å². The zero-order valence-corrected chi connectivity index (χ0v) is 12.2. The third kappa shape index (κ3) is 4.91. The van der Waals surface area contributed by atoms with Crippen molar-refractivity contribution in [3.63, 3.8) is 0 Å². The fraction of sp³-hybridized carbons (Fsp3) is 0.533. The van der Waals surface area contributed by atoms with Crippen molar-refractivity contribution in [2.75, 3.05) is 18.9 Å². The van der Waals surface area contributed by atoms with Crippen molar-refractivity contribution < 1.29 is 9.90 Å². The highest BCUT2D eigenvalue weighted by Gasteiger charge is 2.23. The average Bonchev–Trinajstić information content (AvgIpc) is 2.34. The Kier molecular flexibility index (Phi) is 5.36. The van der Waals surface area contributed by atoms with Crippen LogP contribution >= 0.6 is 0 Å². The quantitative estimate of drug-likeness (QED) is 0.738. The number of para-hydroxylation sites is 1. The van der Waals surface area contributed by atoms with E-state index in [-0.39, 0.29) is 12.5 Å². The van der Waals surface area contributed by atoms with Crippen molar-refractivity contribution in [1.82, 2.24) is 5.32 Å². The third-order valence-corrected chi connectivity index (χ3v) is 2.92. The summed E-state index contributed by atoms with van der Waals surface area (Å²) in [6.07, 6.45) is 0.654. The van der Waals surface area contributed by atoms with E-state index in [2.05, 4.69) is 10.6 Å². The van der Waals surface area contributed by atoms with Crippen molar-refractivity contribution in [3.05, 3.63) is 29.8 Å². The van der Waals surface area contributed by atoms with Gasteiger partial charge in [0.05, 0.1) is 11.2 Å². The number of carbonyl (C=O) groups is 1. The molecule has 0 aromatic heterocycles. The zero-order chi connectivity index (χ0) is 14.5. The molecule has 1 atom stereocenters. The van der Waals surface area contributed by atoms with Gasteiger partial charge in [-0.3, -0.25) is 4.79 Å². The maximum Gasteiger partial charge on any atom is 0.253 e. The first-order valence-electron chi connectivity index (χ1n) is 6.63. The van der Waals surface area contributed by atoms with Gasteiger partial charge in [-0.05, 0) is 31.4 Å². The molecule has 1 unspecified atom stereocenters. The van der Waals surface area contributed by atoms with Gasteiger partial charge in [0.1, 0.15) is 0 Å². The van der Waals surface area contributed by atoms with Gasteiger partial charge >= 0.3 is 0 Å². The Bertz CT molecular complexity index is 428. The van der Waals surface area contributed by atoms with Gasteiger partial charge in [-0.2, -0.15) is 0 Å². The molecule has 4 heteroatoms. The molecule has 0 saturated carbocycles. The summed E-state index contributed by atoms with van der Waals surface area (Å²) in [5.74, 6) is 0.213. The summed E-state index contributed by atoms with van der Waals surface area (Å²) in [5, 5.41) is 15.9. The molecule has 1 amide bonds. The monoisotopic (exact) mass is 264 g/mol. The second-order valence-corrected chi connectivity index (χ2v) is 5.57. The molecule has 0 aliphatic carbocycles. The summed E-state index contributed by atoms with van der Waals surface area (Å²) >= 11 is 0. The van der Waals surface area contributed by atoms with Gasteiger partial charge in [0.2, 0.25) is 0 Å². The summed E-state index contributed by atoms with van der Waals surface area (Å²) in [4.78, 5) is 12.1. The highest BCUT2D eigenvalue weighted by molar-refractivity contribution is 5.99. The highest BCUT2D eigenvalue weighted by atomic mass is 16.3. The van der Waals surface area contributed by atoms with E-state index in [0.717, 1.165) is 5.69 Å². The van der Waals surface area contributed by atoms with Gasteiger partial charge in [-0.1, -0.05) is 26.0 Å². The second-order valence-electron chi connectivity index (χ2n) is 5.57. The van der Waals surface area contributed by atoms with Crippen LogP contribution in [-0.2, 0) is 0 Å². The molecular formula is C15H24N2O2. The molecule has 106 valence electrons. The van der Waals surface area contributed by atoms with E-state index in [4.69, 9.17) is 0 Å². The number of aliphatic hydroxyl groups is 1. The molecule has 1 aromatic carbocycles. The van der Waals surface area contributed by atoms with Gasteiger partial charge in [-0.25, -0.2) is 0 Å². The first-order valence-corrected chi connectivity index (χ1v) is 6.63. The SMILES string of the molecule is CNc1ccccc1C(=O)NCC(C)(O)CC(C)C. The number of rotatable bonds is 6. The van der Waals surface area contributed by atoms with E-state index in [0.29, 0.717) is 17.9 Å². The summed E-state index contributed by atoms with van der Waals surface area (Å²) in [5.41, 5.74) is 0.493. The van der Waals surface area contributed by atoms with Crippen LogP contribution in [0, 0.1) is 5.92 Å². The molecule has 4 nitrogen and oxygen atoms in total. The number of anilines is 1. The van der Waals surface area contributed by atoms with Crippen molar-refractivity contribution in [2.45, 2.75) is 32.8 Å². The topological polar surface area (TPSA) is 61.4 Å². The molecule has 0 radical (unpaired) electrons. The Morgan fingerprint density at radius 1 is 1.37 bits per heavy atom. The number of hydrogen-bond acceptors (Lipinski definition) is 3. The van der Waals surface area contributed by atoms with Gasteiger partial charge < -0.3 is 15.7 Å². The first-order chi connectivity index (χ1) is 8.85. The third-order valence-electron chi connectivity index (χ3n) is 2.92. The summed E-state index contributed by atoms with van der Waals surface area (Å²) < 4.78 is 0. The Hall–Kier alpha value is -1.55. The van der Waals surface area contributed by atoms with Crippen LogP contribution in [0.15, 0.2) is 24.3 Å². The molecule has 0 saturated heterocycles. The van der Waals surface area contributed by atoms with Crippen LogP contribution in [0.4, 0.5) is 5.69 Å². The second kappa shape index (κ2) is 6.57. The van der Waals surface area contributed by atoms with Crippen LogP contribution in [0.3, 0.4) is 0 Å². The lowest BCUT2D eigenvalue weighted by Crippen LogP contribution is -2.41. The normalized spacial score (nSPS) is 14.0. The summed E-state index contributed by atoms with van der Waals surface area (Å²) in [6.45, 7) is 6.10. The maximum atomic E-state index is 12.1. The van der Waals surface area contributed by atoms with Crippen LogP contribution in [0.5, 0.6) is 0 Å². The van der Waals surface area contributed by atoms with E-state index < -0.39 is 5.60 Å². The lowest BCUT2D eigenvalue weighted by molar-refractivity contribution is 0.0368. The Morgan fingerprint density at radius 3 is 2.58 bits per heavy atom. The first kappa shape index (κ1) is 15.5. The maximum absolute atomic E-state index is 12.1. The van der Waals surface area contributed by atoms with E-state index in [1.165, 1.54) is 0 Å². The van der Waals surface area contributed by atoms with Crippen molar-refractivity contribution >= 4 is 11.6 Å². The van der Waals surface area contributed by atoms with Crippen molar-refractivity contribution in [2.24, 2.45) is 5.92 Å². The van der Waals surface area contributed by atoms with Crippen LogP contribution < -0.4 is 10.6 Å². The molecule has 0 aliphatic rings. The number of carbonyl (C=O) groups excluding carboxylic acids is 1. The zero-order valence-electron chi connectivity index (χ0n) is 12.2. The minimum atomic E-state index is -0.877. The molecule has 0 spiro atoms. The minimum absolute atomic E-state index is 0.172. The minimum Gasteiger partial charge on any atom is -0.388 e. The fourth-order valence-corrected chi connectivity index (χ4v) is 2.22. The molecule has 3 N–H and O–H groups in total. The largest absolute Gasteiger partial charge is 0.388 e. The lowest BCUT2D eigenvalue weighted by atomic mass is 9.94. The number of hydrogen-bond donors (Lipinski definition) is 3. The molecule has 0 aliphatic heterocycles. The van der Waals surface area contributed by atoms with Crippen LogP contribution in [0.2, 0.25) is 0 Å². The smallest absolute Gasteiger partial charge is 0.253 e. The van der Waals surface area contributed by atoms with Crippen LogP contribution in [0.25, 0.3) is 0 Å². The van der Waals surface area contributed by atoms with E-state index in [1.54, 1.807) is 20.0 Å². The Labute approximate surface area is 115 Å². The molecule has 1 rings (SSSR count). The fourth-order valence-electron chi connectivity index (χ4n) is 2.22. The van der Waals surface area contributed by atoms with E-state index in [1.807, 2.05) is 32.0 Å². The predicted molar refractivity (Wildman–Crippen MR) is 78.4 cm³/mol. The molecule has 0 bridgehead atoms. The standard InChI is InChI=1S/C15H24N2O2/c1-11(2)9-15(3,19)10-17-14(18)12-7-5-6-8-13(12)16-4/h5-8,11,16,19H,9-10H2,1-4H3,(H,17,18). The molecule has 1 aromatic rings. The van der Waals surface area contributed by atoms with Gasteiger partial charge in [0, 0.05) is 19.3 Å². The number of benzene rings is 1. The molecular weight excluding hydrogens is 240 g/mol. The molecule has 0 heterocycles. The predicted octanol–water partition coefficient (Wildman–Crippen LogP) is 2.26. The number of amides is 1. The number of nitrogens with one attached hydrogen (secondary N) is 2. The van der Waals surface area contributed by atoms with Gasteiger partial charge in [-0.15, -0.1) is 0 Å².